The second-order valence-corrected chi connectivity index (χ2v) is 6.88. The number of aliphatic hydroxyl groups is 1. The number of esters is 1. The van der Waals surface area contributed by atoms with Gasteiger partial charge in [-0.3, -0.25) is 4.79 Å². The van der Waals surface area contributed by atoms with E-state index in [1.54, 1.807) is 11.8 Å². The van der Waals surface area contributed by atoms with Crippen LogP contribution in [0.5, 0.6) is 0 Å². The number of ether oxygens (including phenoxy) is 1. The van der Waals surface area contributed by atoms with Gasteiger partial charge in [0.25, 0.3) is 0 Å². The van der Waals surface area contributed by atoms with Gasteiger partial charge in [-0.05, 0) is 52.3 Å². The molecular formula is C15H31NO3S. The summed E-state index contributed by atoms with van der Waals surface area (Å²) in [5.74, 6) is 0.775. The number of hydrogen-bond donors (Lipinski definition) is 2. The highest BCUT2D eigenvalue weighted by Gasteiger charge is 2.33. The largest absolute Gasteiger partial charge is 0.465 e. The van der Waals surface area contributed by atoms with Crippen molar-refractivity contribution in [2.45, 2.75) is 70.8 Å². The SMILES string of the molecule is CCCNC(C)(CCCSC(C)C(C)O)C(=O)OCC. The smallest absolute Gasteiger partial charge is 0.326 e. The lowest BCUT2D eigenvalue weighted by Gasteiger charge is -2.28. The lowest BCUT2D eigenvalue weighted by Crippen LogP contribution is -2.50. The summed E-state index contributed by atoms with van der Waals surface area (Å²) >= 11 is 1.74. The van der Waals surface area contributed by atoms with Crippen molar-refractivity contribution in [2.75, 3.05) is 18.9 Å². The van der Waals surface area contributed by atoms with Crippen molar-refractivity contribution < 1.29 is 14.6 Å². The molecule has 3 atom stereocenters. The summed E-state index contributed by atoms with van der Waals surface area (Å²) < 4.78 is 5.17. The standard InChI is InChI=1S/C15H31NO3S/c1-6-10-16-15(5,14(18)19-7-2)9-8-11-20-13(4)12(3)17/h12-13,16-17H,6-11H2,1-5H3. The van der Waals surface area contributed by atoms with Crippen LogP contribution in [0.4, 0.5) is 0 Å². The zero-order chi connectivity index (χ0) is 15.6. The van der Waals surface area contributed by atoms with Crippen molar-refractivity contribution in [3.63, 3.8) is 0 Å². The van der Waals surface area contributed by atoms with Crippen LogP contribution in [0.2, 0.25) is 0 Å². The molecule has 3 unspecified atom stereocenters. The second kappa shape index (κ2) is 10.5. The molecule has 0 amide bonds. The number of nitrogens with one attached hydrogen (secondary N) is 1. The average molecular weight is 305 g/mol. The van der Waals surface area contributed by atoms with Gasteiger partial charge < -0.3 is 15.2 Å². The van der Waals surface area contributed by atoms with Gasteiger partial charge in [-0.25, -0.2) is 0 Å². The maximum atomic E-state index is 12.1. The van der Waals surface area contributed by atoms with E-state index in [1.165, 1.54) is 0 Å². The molecule has 0 aromatic heterocycles. The van der Waals surface area contributed by atoms with Crippen molar-refractivity contribution in [2.24, 2.45) is 0 Å². The van der Waals surface area contributed by atoms with E-state index in [2.05, 4.69) is 12.2 Å². The molecule has 0 aliphatic carbocycles. The lowest BCUT2D eigenvalue weighted by atomic mass is 9.96. The molecular weight excluding hydrogens is 274 g/mol. The first-order valence-corrected chi connectivity index (χ1v) is 8.64. The Kier molecular flexibility index (Phi) is 10.3. The number of hydrogen-bond acceptors (Lipinski definition) is 5. The molecule has 0 heterocycles. The van der Waals surface area contributed by atoms with Gasteiger partial charge in [-0.2, -0.15) is 11.8 Å². The zero-order valence-electron chi connectivity index (χ0n) is 13.6. The predicted octanol–water partition coefficient (Wildman–Crippen LogP) is 2.59. The van der Waals surface area contributed by atoms with E-state index in [9.17, 15) is 9.90 Å². The highest BCUT2D eigenvalue weighted by Crippen LogP contribution is 2.20. The van der Waals surface area contributed by atoms with Gasteiger partial charge in [0.2, 0.25) is 0 Å². The molecule has 0 aromatic rings. The third kappa shape index (κ3) is 7.50. The normalized spacial score (nSPS) is 17.3. The molecule has 0 spiro atoms. The number of thioether (sulfide) groups is 1. The van der Waals surface area contributed by atoms with E-state index >= 15 is 0 Å². The topological polar surface area (TPSA) is 58.6 Å². The van der Waals surface area contributed by atoms with Gasteiger partial charge in [-0.15, -0.1) is 0 Å². The minimum atomic E-state index is -0.597. The first kappa shape index (κ1) is 19.7. The van der Waals surface area contributed by atoms with Gasteiger partial charge in [0.15, 0.2) is 0 Å². The van der Waals surface area contributed by atoms with Crippen molar-refractivity contribution in [1.82, 2.24) is 5.32 Å². The van der Waals surface area contributed by atoms with Crippen LogP contribution in [0.25, 0.3) is 0 Å². The zero-order valence-corrected chi connectivity index (χ0v) is 14.4. The summed E-state index contributed by atoms with van der Waals surface area (Å²) in [6.45, 7) is 10.9. The van der Waals surface area contributed by atoms with E-state index in [1.807, 2.05) is 27.7 Å². The quantitative estimate of drug-likeness (QED) is 0.454. The Bertz CT molecular complexity index is 274. The molecule has 0 bridgehead atoms. The van der Waals surface area contributed by atoms with Crippen molar-refractivity contribution >= 4 is 17.7 Å². The Morgan fingerprint density at radius 2 is 2.05 bits per heavy atom. The summed E-state index contributed by atoms with van der Waals surface area (Å²) in [4.78, 5) is 12.1. The lowest BCUT2D eigenvalue weighted by molar-refractivity contribution is -0.150. The van der Waals surface area contributed by atoms with Crippen LogP contribution in [-0.4, -0.2) is 46.9 Å². The van der Waals surface area contributed by atoms with Crippen LogP contribution in [0.3, 0.4) is 0 Å². The third-order valence-electron chi connectivity index (χ3n) is 3.37. The van der Waals surface area contributed by atoms with Crippen LogP contribution in [-0.2, 0) is 9.53 Å². The van der Waals surface area contributed by atoms with Crippen molar-refractivity contribution in [3.05, 3.63) is 0 Å². The van der Waals surface area contributed by atoms with Crippen LogP contribution in [0.1, 0.15) is 53.9 Å². The van der Waals surface area contributed by atoms with Crippen LogP contribution < -0.4 is 5.32 Å². The molecule has 2 N–H and O–H groups in total. The minimum absolute atomic E-state index is 0.165. The fourth-order valence-electron chi connectivity index (χ4n) is 1.79. The van der Waals surface area contributed by atoms with E-state index in [4.69, 9.17) is 4.74 Å². The van der Waals surface area contributed by atoms with E-state index in [0.717, 1.165) is 31.6 Å². The fourth-order valence-corrected chi connectivity index (χ4v) is 2.75. The van der Waals surface area contributed by atoms with Gasteiger partial charge in [0.1, 0.15) is 5.54 Å². The average Bonchev–Trinajstić information content (AvgIpc) is 2.41. The minimum Gasteiger partial charge on any atom is -0.465 e. The predicted molar refractivity (Wildman–Crippen MR) is 86.2 cm³/mol. The highest BCUT2D eigenvalue weighted by molar-refractivity contribution is 7.99. The monoisotopic (exact) mass is 305 g/mol. The van der Waals surface area contributed by atoms with Crippen LogP contribution >= 0.6 is 11.8 Å². The molecule has 0 rings (SSSR count). The number of rotatable bonds is 11. The van der Waals surface area contributed by atoms with E-state index < -0.39 is 5.54 Å². The molecule has 0 aromatic carbocycles. The molecule has 0 aliphatic rings. The number of carbonyl (C=O) groups excluding carboxylic acids is 1. The maximum Gasteiger partial charge on any atom is 0.326 e. The van der Waals surface area contributed by atoms with Gasteiger partial charge in [0, 0.05) is 5.25 Å². The van der Waals surface area contributed by atoms with Crippen molar-refractivity contribution in [3.8, 4) is 0 Å². The van der Waals surface area contributed by atoms with E-state index in [-0.39, 0.29) is 17.3 Å². The second-order valence-electron chi connectivity index (χ2n) is 5.40. The van der Waals surface area contributed by atoms with Crippen molar-refractivity contribution in [1.29, 1.82) is 0 Å². The number of carbonyl (C=O) groups is 1. The Morgan fingerprint density at radius 3 is 2.55 bits per heavy atom. The molecule has 0 fully saturated rings. The molecule has 4 nitrogen and oxygen atoms in total. The molecule has 0 saturated heterocycles. The number of aliphatic hydroxyl groups excluding tert-OH is 1. The van der Waals surface area contributed by atoms with Gasteiger partial charge in [-0.1, -0.05) is 13.8 Å². The molecule has 0 radical (unpaired) electrons. The Labute approximate surface area is 128 Å². The molecule has 0 aliphatic heterocycles. The summed E-state index contributed by atoms with van der Waals surface area (Å²) in [7, 11) is 0. The summed E-state index contributed by atoms with van der Waals surface area (Å²) in [5, 5.41) is 13.0. The Morgan fingerprint density at radius 1 is 1.40 bits per heavy atom. The summed E-state index contributed by atoms with van der Waals surface area (Å²) in [6.07, 6.45) is 2.37. The summed E-state index contributed by atoms with van der Waals surface area (Å²) in [6, 6.07) is 0. The molecule has 5 heteroatoms. The van der Waals surface area contributed by atoms with Crippen LogP contribution in [0, 0.1) is 0 Å². The first-order valence-electron chi connectivity index (χ1n) is 7.59. The Hall–Kier alpha value is -0.260. The fraction of sp³-hybridized carbons (Fsp3) is 0.933. The summed E-state index contributed by atoms with van der Waals surface area (Å²) in [5.41, 5.74) is -0.597. The molecule has 20 heavy (non-hydrogen) atoms. The van der Waals surface area contributed by atoms with E-state index in [0.29, 0.717) is 6.61 Å². The third-order valence-corrected chi connectivity index (χ3v) is 4.82. The first-order chi connectivity index (χ1) is 9.37. The van der Waals surface area contributed by atoms with Crippen LogP contribution in [0.15, 0.2) is 0 Å². The Balaban J connectivity index is 4.26. The molecule has 0 saturated carbocycles. The van der Waals surface area contributed by atoms with Gasteiger partial charge >= 0.3 is 5.97 Å². The molecule has 120 valence electrons. The maximum absolute atomic E-state index is 12.1. The highest BCUT2D eigenvalue weighted by atomic mass is 32.2. The van der Waals surface area contributed by atoms with Gasteiger partial charge in [0.05, 0.1) is 12.7 Å².